The Morgan fingerprint density at radius 3 is 2.56 bits per heavy atom. The third-order valence-electron chi connectivity index (χ3n) is 3.54. The number of benzene rings is 2. The maximum atomic E-state index is 9.31. The number of nitriles is 1. The molecule has 1 heterocycles. The summed E-state index contributed by atoms with van der Waals surface area (Å²) in [5.41, 5.74) is 1.36. The first-order chi connectivity index (χ1) is 12.2. The van der Waals surface area contributed by atoms with Crippen molar-refractivity contribution in [3.63, 3.8) is 0 Å². The summed E-state index contributed by atoms with van der Waals surface area (Å²) in [4.78, 5) is 6.06. The number of rotatable bonds is 6. The van der Waals surface area contributed by atoms with Crippen molar-refractivity contribution in [3.8, 4) is 11.8 Å². The molecule has 0 unspecified atom stereocenters. The molecule has 5 nitrogen and oxygen atoms in total. The number of hydrogen-bond donors (Lipinski definition) is 0. The maximum absolute atomic E-state index is 9.31. The van der Waals surface area contributed by atoms with Gasteiger partial charge < -0.3 is 14.1 Å². The molecule has 0 saturated heterocycles. The Kier molecular flexibility index (Phi) is 5.22. The van der Waals surface area contributed by atoms with Gasteiger partial charge in [-0.3, -0.25) is 0 Å². The zero-order chi connectivity index (χ0) is 17.6. The van der Waals surface area contributed by atoms with Gasteiger partial charge in [0.15, 0.2) is 6.61 Å². The number of anilines is 1. The third kappa shape index (κ3) is 4.31. The van der Waals surface area contributed by atoms with Crippen molar-refractivity contribution in [2.24, 2.45) is 0 Å². The summed E-state index contributed by atoms with van der Waals surface area (Å²) in [6.07, 6.45) is 0. The largest absolute Gasteiger partial charge is 0.484 e. The summed E-state index contributed by atoms with van der Waals surface area (Å²) >= 11 is 5.85. The van der Waals surface area contributed by atoms with E-state index >= 15 is 0 Å². The number of halogens is 1. The van der Waals surface area contributed by atoms with Crippen molar-refractivity contribution in [2.75, 3.05) is 11.9 Å². The van der Waals surface area contributed by atoms with Gasteiger partial charge in [0.25, 0.3) is 0 Å². The van der Waals surface area contributed by atoms with E-state index in [1.807, 2.05) is 42.3 Å². The average Bonchev–Trinajstić information content (AvgIpc) is 3.06. The molecule has 2 aromatic carbocycles. The molecular weight excluding hydrogens is 338 g/mol. The van der Waals surface area contributed by atoms with E-state index in [0.29, 0.717) is 29.1 Å². The molecule has 126 valence electrons. The van der Waals surface area contributed by atoms with Gasteiger partial charge >= 0.3 is 0 Å². The van der Waals surface area contributed by atoms with E-state index in [1.54, 1.807) is 24.3 Å². The molecular formula is C19H16ClN3O2. The minimum absolute atomic E-state index is 0.134. The van der Waals surface area contributed by atoms with Gasteiger partial charge in [0.2, 0.25) is 17.5 Å². The second kappa shape index (κ2) is 7.73. The molecule has 6 heteroatoms. The fourth-order valence-electron chi connectivity index (χ4n) is 2.35. The van der Waals surface area contributed by atoms with Gasteiger partial charge in [0.1, 0.15) is 11.8 Å². The van der Waals surface area contributed by atoms with Gasteiger partial charge in [-0.1, -0.05) is 41.9 Å². The monoisotopic (exact) mass is 353 g/mol. The second-order valence-corrected chi connectivity index (χ2v) is 5.89. The highest BCUT2D eigenvalue weighted by atomic mass is 35.5. The molecule has 0 radical (unpaired) electrons. The van der Waals surface area contributed by atoms with Gasteiger partial charge in [-0.15, -0.1) is 0 Å². The molecule has 0 N–H and O–H groups in total. The fraction of sp³-hybridized carbons (Fsp3) is 0.158. The molecule has 0 aliphatic carbocycles. The molecule has 25 heavy (non-hydrogen) atoms. The highest BCUT2D eigenvalue weighted by Gasteiger charge is 2.17. The van der Waals surface area contributed by atoms with E-state index in [4.69, 9.17) is 20.8 Å². The molecule has 3 aromatic rings. The number of nitrogens with zero attached hydrogens (tertiary/aromatic N) is 3. The van der Waals surface area contributed by atoms with Gasteiger partial charge in [-0.05, 0) is 29.8 Å². The number of ether oxygens (including phenoxy) is 1. The highest BCUT2D eigenvalue weighted by molar-refractivity contribution is 6.30. The van der Waals surface area contributed by atoms with E-state index < -0.39 is 0 Å². The smallest absolute Gasteiger partial charge is 0.236 e. The van der Waals surface area contributed by atoms with Crippen molar-refractivity contribution in [1.29, 1.82) is 5.26 Å². The minimum atomic E-state index is 0.134. The zero-order valence-electron chi connectivity index (χ0n) is 13.6. The van der Waals surface area contributed by atoms with Crippen LogP contribution in [0.3, 0.4) is 0 Å². The first-order valence-electron chi connectivity index (χ1n) is 7.69. The van der Waals surface area contributed by atoms with Crippen LogP contribution in [0.25, 0.3) is 0 Å². The summed E-state index contributed by atoms with van der Waals surface area (Å²) in [6, 6.07) is 19.0. The lowest BCUT2D eigenvalue weighted by Crippen LogP contribution is -2.16. The molecule has 0 aliphatic rings. The Balaban J connectivity index is 1.70. The number of aromatic nitrogens is 1. The van der Waals surface area contributed by atoms with Crippen molar-refractivity contribution in [2.45, 2.75) is 13.2 Å². The number of hydrogen-bond acceptors (Lipinski definition) is 5. The standard InChI is InChI=1S/C19H16ClN3O2/c1-23(12-14-5-3-2-4-6-14)19-17(11-21)22-18(25-19)13-24-16-9-7-15(20)8-10-16/h2-10H,12-13H2,1H3. The van der Waals surface area contributed by atoms with Crippen LogP contribution < -0.4 is 9.64 Å². The predicted molar refractivity (Wildman–Crippen MR) is 95.6 cm³/mol. The normalized spacial score (nSPS) is 10.3. The summed E-state index contributed by atoms with van der Waals surface area (Å²) in [5.74, 6) is 1.43. The molecule has 0 amide bonds. The van der Waals surface area contributed by atoms with Crippen LogP contribution in [-0.2, 0) is 13.2 Å². The van der Waals surface area contributed by atoms with Crippen molar-refractivity contribution >= 4 is 17.5 Å². The molecule has 0 atom stereocenters. The molecule has 1 aromatic heterocycles. The van der Waals surface area contributed by atoms with Crippen LogP contribution >= 0.6 is 11.6 Å². The van der Waals surface area contributed by atoms with Crippen LogP contribution in [0.15, 0.2) is 59.0 Å². The fourth-order valence-corrected chi connectivity index (χ4v) is 2.48. The minimum Gasteiger partial charge on any atom is -0.484 e. The van der Waals surface area contributed by atoms with E-state index in [9.17, 15) is 5.26 Å². The van der Waals surface area contributed by atoms with Gasteiger partial charge in [0, 0.05) is 18.6 Å². The van der Waals surface area contributed by atoms with Gasteiger partial charge in [-0.25, -0.2) is 0 Å². The van der Waals surface area contributed by atoms with Crippen molar-refractivity contribution in [1.82, 2.24) is 4.98 Å². The Bertz CT molecular complexity index is 870. The lowest BCUT2D eigenvalue weighted by atomic mass is 10.2. The molecule has 0 aliphatic heterocycles. The second-order valence-electron chi connectivity index (χ2n) is 5.46. The third-order valence-corrected chi connectivity index (χ3v) is 3.80. The molecule has 3 rings (SSSR count). The van der Waals surface area contributed by atoms with Crippen LogP contribution in [-0.4, -0.2) is 12.0 Å². The summed E-state index contributed by atoms with van der Waals surface area (Å²) in [6.45, 7) is 0.748. The predicted octanol–water partition coefficient (Wildman–Crippen LogP) is 4.42. The van der Waals surface area contributed by atoms with Crippen LogP contribution in [0.2, 0.25) is 5.02 Å². The maximum Gasteiger partial charge on any atom is 0.236 e. The lowest BCUT2D eigenvalue weighted by Gasteiger charge is -2.15. The lowest BCUT2D eigenvalue weighted by molar-refractivity contribution is 0.264. The van der Waals surface area contributed by atoms with Crippen LogP contribution in [0.5, 0.6) is 5.75 Å². The highest BCUT2D eigenvalue weighted by Crippen LogP contribution is 2.23. The van der Waals surface area contributed by atoms with Crippen molar-refractivity contribution < 1.29 is 9.15 Å². The van der Waals surface area contributed by atoms with Crippen LogP contribution in [0, 0.1) is 11.3 Å². The quantitative estimate of drug-likeness (QED) is 0.656. The van der Waals surface area contributed by atoms with Crippen molar-refractivity contribution in [3.05, 3.63) is 76.8 Å². The number of oxazole rings is 1. The Hall–Kier alpha value is -2.97. The summed E-state index contributed by atoms with van der Waals surface area (Å²) in [7, 11) is 1.86. The SMILES string of the molecule is CN(Cc1ccccc1)c1oc(COc2ccc(Cl)cc2)nc1C#N. The Morgan fingerprint density at radius 2 is 1.88 bits per heavy atom. The Morgan fingerprint density at radius 1 is 1.16 bits per heavy atom. The summed E-state index contributed by atoms with van der Waals surface area (Å²) in [5, 5.41) is 9.95. The molecule has 0 fully saturated rings. The first-order valence-corrected chi connectivity index (χ1v) is 8.07. The molecule has 0 saturated carbocycles. The molecule has 0 bridgehead atoms. The average molecular weight is 354 g/mol. The first kappa shape index (κ1) is 16.9. The van der Waals surface area contributed by atoms with Gasteiger partial charge in [-0.2, -0.15) is 10.2 Å². The molecule has 0 spiro atoms. The Labute approximate surface area is 151 Å². The summed E-state index contributed by atoms with van der Waals surface area (Å²) < 4.78 is 11.3. The van der Waals surface area contributed by atoms with Crippen LogP contribution in [0.4, 0.5) is 5.88 Å². The van der Waals surface area contributed by atoms with E-state index in [-0.39, 0.29) is 12.3 Å². The van der Waals surface area contributed by atoms with E-state index in [1.165, 1.54) is 0 Å². The zero-order valence-corrected chi connectivity index (χ0v) is 14.4. The van der Waals surface area contributed by atoms with E-state index in [0.717, 1.165) is 5.56 Å². The van der Waals surface area contributed by atoms with Crippen LogP contribution in [0.1, 0.15) is 17.1 Å². The topological polar surface area (TPSA) is 62.3 Å². The van der Waals surface area contributed by atoms with Gasteiger partial charge in [0.05, 0.1) is 0 Å². The van der Waals surface area contributed by atoms with E-state index in [2.05, 4.69) is 11.1 Å².